The van der Waals surface area contributed by atoms with E-state index >= 15 is 0 Å². The van der Waals surface area contributed by atoms with Crippen molar-refractivity contribution in [2.24, 2.45) is 0 Å². The number of rotatable bonds is 41. The molecular weight excluding hydrogens is 685 g/mol. The highest BCUT2D eigenvalue weighted by Gasteiger charge is 2.19. The molecule has 0 amide bonds. The van der Waals surface area contributed by atoms with E-state index in [0.29, 0.717) is 19.3 Å². The van der Waals surface area contributed by atoms with Crippen LogP contribution < -0.4 is 0 Å². The maximum Gasteiger partial charge on any atom is 0.306 e. The van der Waals surface area contributed by atoms with Crippen LogP contribution in [0.1, 0.15) is 226 Å². The molecule has 1 atom stereocenters. The van der Waals surface area contributed by atoms with Crippen molar-refractivity contribution in [2.75, 3.05) is 13.2 Å². The fourth-order valence-electron chi connectivity index (χ4n) is 6.32. The zero-order chi connectivity index (χ0) is 40.1. The Hall–Kier alpha value is -2.63. The summed E-state index contributed by atoms with van der Waals surface area (Å²) in [6, 6.07) is 0. The number of carbonyl (C=O) groups is 3. The molecule has 55 heavy (non-hydrogen) atoms. The molecular formula is C49H86O6. The summed E-state index contributed by atoms with van der Waals surface area (Å²) in [5, 5.41) is 0. The lowest BCUT2D eigenvalue weighted by Crippen LogP contribution is -2.30. The Morgan fingerprint density at radius 3 is 1.09 bits per heavy atom. The van der Waals surface area contributed by atoms with Crippen LogP contribution in [-0.4, -0.2) is 37.2 Å². The summed E-state index contributed by atoms with van der Waals surface area (Å²) in [4.78, 5) is 37.7. The van der Waals surface area contributed by atoms with Crippen molar-refractivity contribution in [2.45, 2.75) is 232 Å². The van der Waals surface area contributed by atoms with Crippen molar-refractivity contribution in [1.29, 1.82) is 0 Å². The third-order valence-corrected chi connectivity index (χ3v) is 9.84. The van der Waals surface area contributed by atoms with E-state index in [1.807, 2.05) is 0 Å². The quantitative estimate of drug-likeness (QED) is 0.0267. The molecule has 0 aliphatic rings. The van der Waals surface area contributed by atoms with E-state index in [2.05, 4.69) is 69.4 Å². The van der Waals surface area contributed by atoms with Gasteiger partial charge in [-0.2, -0.15) is 0 Å². The Morgan fingerprint density at radius 1 is 0.364 bits per heavy atom. The van der Waals surface area contributed by atoms with Gasteiger partial charge in [0.2, 0.25) is 0 Å². The molecule has 0 heterocycles. The van der Waals surface area contributed by atoms with Gasteiger partial charge in [-0.3, -0.25) is 14.4 Å². The molecule has 0 saturated carbocycles. The number of allylic oxidation sites excluding steroid dienone is 8. The predicted molar refractivity (Wildman–Crippen MR) is 233 cm³/mol. The number of hydrogen-bond donors (Lipinski definition) is 0. The maximum absolute atomic E-state index is 12.7. The summed E-state index contributed by atoms with van der Waals surface area (Å²) in [5.74, 6) is -0.948. The van der Waals surface area contributed by atoms with E-state index in [0.717, 1.165) is 64.2 Å². The minimum absolute atomic E-state index is 0.0874. The Bertz CT molecular complexity index is 980. The monoisotopic (exact) mass is 771 g/mol. The smallest absolute Gasteiger partial charge is 0.306 e. The van der Waals surface area contributed by atoms with Crippen LogP contribution in [-0.2, 0) is 28.6 Å². The minimum Gasteiger partial charge on any atom is -0.462 e. The predicted octanol–water partition coefficient (Wildman–Crippen LogP) is 14.8. The van der Waals surface area contributed by atoms with Crippen LogP contribution in [0.2, 0.25) is 0 Å². The zero-order valence-corrected chi connectivity index (χ0v) is 36.2. The lowest BCUT2D eigenvalue weighted by atomic mass is 10.1. The molecule has 0 radical (unpaired) electrons. The van der Waals surface area contributed by atoms with E-state index in [9.17, 15) is 14.4 Å². The second kappa shape index (κ2) is 44.1. The van der Waals surface area contributed by atoms with Crippen LogP contribution in [0.25, 0.3) is 0 Å². The van der Waals surface area contributed by atoms with Crippen molar-refractivity contribution in [3.8, 4) is 0 Å². The summed E-state index contributed by atoms with van der Waals surface area (Å²) in [6.45, 7) is 6.53. The highest BCUT2D eigenvalue weighted by molar-refractivity contribution is 5.71. The first-order valence-electron chi connectivity index (χ1n) is 23.1. The van der Waals surface area contributed by atoms with Crippen LogP contribution in [0.15, 0.2) is 48.6 Å². The lowest BCUT2D eigenvalue weighted by molar-refractivity contribution is -0.167. The zero-order valence-electron chi connectivity index (χ0n) is 36.2. The molecule has 0 aliphatic heterocycles. The van der Waals surface area contributed by atoms with E-state index in [4.69, 9.17) is 14.2 Å². The average Bonchev–Trinajstić information content (AvgIpc) is 3.18. The third kappa shape index (κ3) is 42.4. The average molecular weight is 771 g/mol. The summed E-state index contributed by atoms with van der Waals surface area (Å²) >= 11 is 0. The first-order chi connectivity index (χ1) is 27.0. The molecule has 0 aromatic rings. The highest BCUT2D eigenvalue weighted by atomic mass is 16.6. The van der Waals surface area contributed by atoms with Crippen LogP contribution in [0.3, 0.4) is 0 Å². The van der Waals surface area contributed by atoms with E-state index in [-0.39, 0.29) is 37.5 Å². The van der Waals surface area contributed by atoms with Gasteiger partial charge in [-0.25, -0.2) is 0 Å². The molecule has 0 N–H and O–H groups in total. The number of ether oxygens (including phenoxy) is 3. The van der Waals surface area contributed by atoms with Gasteiger partial charge in [0, 0.05) is 19.3 Å². The van der Waals surface area contributed by atoms with Crippen molar-refractivity contribution in [3.63, 3.8) is 0 Å². The Morgan fingerprint density at radius 2 is 0.673 bits per heavy atom. The van der Waals surface area contributed by atoms with Crippen LogP contribution in [0, 0.1) is 0 Å². The normalized spacial score (nSPS) is 12.4. The van der Waals surface area contributed by atoms with Gasteiger partial charge >= 0.3 is 17.9 Å². The van der Waals surface area contributed by atoms with Gasteiger partial charge < -0.3 is 14.2 Å². The van der Waals surface area contributed by atoms with Gasteiger partial charge in [-0.1, -0.05) is 198 Å². The topological polar surface area (TPSA) is 78.9 Å². The van der Waals surface area contributed by atoms with Gasteiger partial charge in [-0.15, -0.1) is 0 Å². The molecule has 0 fully saturated rings. The third-order valence-electron chi connectivity index (χ3n) is 9.84. The summed E-state index contributed by atoms with van der Waals surface area (Å²) in [6.07, 6.45) is 51.0. The van der Waals surface area contributed by atoms with Crippen molar-refractivity contribution in [3.05, 3.63) is 48.6 Å². The first kappa shape index (κ1) is 52.4. The van der Waals surface area contributed by atoms with E-state index < -0.39 is 6.10 Å². The van der Waals surface area contributed by atoms with Crippen molar-refractivity contribution >= 4 is 17.9 Å². The van der Waals surface area contributed by atoms with Gasteiger partial charge in [0.1, 0.15) is 13.2 Å². The Labute approximate surface area is 339 Å². The minimum atomic E-state index is -0.787. The standard InChI is InChI=1S/C49H86O6/c1-4-7-10-13-16-19-22-23-24-25-26-27-28-31-33-36-39-42-48(51)54-45-46(55-49(52)43-40-37-34-30-21-18-15-12-9-6-3)44-53-47(50)41-38-35-32-29-20-17-14-11-8-5-2/h16,19,23-24,26-27,31,33,46H,4-15,17-18,20-22,25,28-30,32,34-45H2,1-3H3/b19-16-,24-23-,27-26-,33-31-/t46-/m1/s1. The number of carbonyl (C=O) groups excluding carboxylic acids is 3. The molecule has 6 heteroatoms. The van der Waals surface area contributed by atoms with E-state index in [1.54, 1.807) is 0 Å². The van der Waals surface area contributed by atoms with Gasteiger partial charge in [-0.05, 0) is 57.8 Å². The summed E-state index contributed by atoms with van der Waals surface area (Å²) < 4.78 is 16.6. The maximum atomic E-state index is 12.7. The fraction of sp³-hybridized carbons (Fsp3) is 0.776. The molecule has 0 spiro atoms. The molecule has 0 unspecified atom stereocenters. The molecule has 6 nitrogen and oxygen atoms in total. The number of esters is 3. The molecule has 0 rings (SSSR count). The Balaban J connectivity index is 4.42. The number of hydrogen-bond acceptors (Lipinski definition) is 6. The molecule has 0 aliphatic carbocycles. The van der Waals surface area contributed by atoms with Crippen LogP contribution in [0.4, 0.5) is 0 Å². The molecule has 0 aromatic heterocycles. The molecule has 0 aromatic carbocycles. The van der Waals surface area contributed by atoms with Gasteiger partial charge in [0.05, 0.1) is 0 Å². The first-order valence-corrected chi connectivity index (χ1v) is 23.1. The van der Waals surface area contributed by atoms with Crippen molar-refractivity contribution < 1.29 is 28.6 Å². The molecule has 0 saturated heterocycles. The Kier molecular flexibility index (Phi) is 42.0. The second-order valence-electron chi connectivity index (χ2n) is 15.3. The largest absolute Gasteiger partial charge is 0.462 e. The summed E-state index contributed by atoms with van der Waals surface area (Å²) in [5.41, 5.74) is 0. The van der Waals surface area contributed by atoms with Crippen molar-refractivity contribution in [1.82, 2.24) is 0 Å². The van der Waals surface area contributed by atoms with Crippen LogP contribution >= 0.6 is 0 Å². The van der Waals surface area contributed by atoms with Crippen LogP contribution in [0.5, 0.6) is 0 Å². The molecule has 0 bridgehead atoms. The van der Waals surface area contributed by atoms with Gasteiger partial charge in [0.25, 0.3) is 0 Å². The fourth-order valence-corrected chi connectivity index (χ4v) is 6.32. The summed E-state index contributed by atoms with van der Waals surface area (Å²) in [7, 11) is 0. The second-order valence-corrected chi connectivity index (χ2v) is 15.3. The molecule has 318 valence electrons. The number of unbranched alkanes of at least 4 members (excludes halogenated alkanes) is 22. The SMILES string of the molecule is CCCCC/C=C\C/C=C\C/C=C\C/C=C\CCCC(=O)OC[C@@H](COC(=O)CCCCCCCCCCCC)OC(=O)CCCCCCCCCCCC. The highest BCUT2D eigenvalue weighted by Crippen LogP contribution is 2.14. The van der Waals surface area contributed by atoms with E-state index in [1.165, 1.54) is 116 Å². The van der Waals surface area contributed by atoms with Gasteiger partial charge in [0.15, 0.2) is 6.10 Å². The lowest BCUT2D eigenvalue weighted by Gasteiger charge is -2.18.